The van der Waals surface area contributed by atoms with Crippen molar-refractivity contribution in [3.05, 3.63) is 114 Å². The second-order valence-electron chi connectivity index (χ2n) is 36.9. The number of aromatic nitrogens is 1. The van der Waals surface area contributed by atoms with Crippen LogP contribution in [0.5, 0.6) is 5.75 Å². The van der Waals surface area contributed by atoms with Gasteiger partial charge >= 0.3 is 5.97 Å². The van der Waals surface area contributed by atoms with Crippen molar-refractivity contribution in [3.8, 4) is 5.75 Å². The van der Waals surface area contributed by atoms with Crippen LogP contribution in [0.1, 0.15) is 216 Å². The highest BCUT2D eigenvalue weighted by Crippen LogP contribution is 2.26. The van der Waals surface area contributed by atoms with Gasteiger partial charge in [-0.2, -0.15) is 0 Å². The first-order valence-electron chi connectivity index (χ1n) is 46.6. The number of carboxylic acid groups (broad SMARTS) is 1. The molecule has 0 bridgehead atoms. The second-order valence-corrected chi connectivity index (χ2v) is 36.9. The number of hydrogen-bond donors (Lipinski definition) is 21. The van der Waals surface area contributed by atoms with Gasteiger partial charge in [-0.3, -0.25) is 95.9 Å². The number of primary amides is 2. The zero-order chi connectivity index (χ0) is 103. The first-order chi connectivity index (χ1) is 64.8. The maximum Gasteiger partial charge on any atom is 0.303 e. The molecule has 0 radical (unpaired) electrons. The van der Waals surface area contributed by atoms with Crippen LogP contribution in [0.4, 0.5) is 0 Å². The lowest BCUT2D eigenvalue weighted by molar-refractivity contribution is -0.140. The van der Waals surface area contributed by atoms with Gasteiger partial charge in [0.15, 0.2) is 5.78 Å². The molecule has 3 aromatic carbocycles. The monoisotopic (exact) mass is 1930 g/mol. The molecular formula is C96H141N19O23. The van der Waals surface area contributed by atoms with Gasteiger partial charge in [-0.05, 0) is 173 Å². The lowest BCUT2D eigenvalue weighted by Crippen LogP contribution is -2.65. The number of amides is 18. The highest BCUT2D eigenvalue weighted by molar-refractivity contribution is 6.03. The van der Waals surface area contributed by atoms with Crippen LogP contribution < -0.4 is 91.2 Å². The summed E-state index contributed by atoms with van der Waals surface area (Å²) in [6, 6.07) is 1.40. The van der Waals surface area contributed by atoms with E-state index in [1.807, 2.05) is 12.2 Å². The van der Waals surface area contributed by atoms with Crippen molar-refractivity contribution >= 4 is 129 Å². The van der Waals surface area contributed by atoms with Crippen molar-refractivity contribution in [2.45, 2.75) is 315 Å². The van der Waals surface area contributed by atoms with E-state index in [0.717, 1.165) is 4.90 Å². The largest absolute Gasteiger partial charge is 0.508 e. The second kappa shape index (κ2) is 55.5. The summed E-state index contributed by atoms with van der Waals surface area (Å²) in [5, 5.41) is 71.3. The van der Waals surface area contributed by atoms with Crippen molar-refractivity contribution in [2.75, 3.05) is 13.6 Å². The van der Waals surface area contributed by atoms with E-state index in [2.05, 4.69) is 84.7 Å². The quantitative estimate of drug-likeness (QED) is 0.0270. The number of carbonyl (C=O) groups excluding carboxylic acids is 19. The normalized spacial score (nSPS) is 21.7. The van der Waals surface area contributed by atoms with Crippen molar-refractivity contribution < 1.29 is 111 Å². The number of carboxylic acids is 1. The van der Waals surface area contributed by atoms with Gasteiger partial charge in [0.25, 0.3) is 0 Å². The highest BCUT2D eigenvalue weighted by Gasteiger charge is 2.44. The summed E-state index contributed by atoms with van der Waals surface area (Å²) in [6.07, 6.45) is 2.16. The first kappa shape index (κ1) is 115. The van der Waals surface area contributed by atoms with Crippen molar-refractivity contribution in [3.63, 3.8) is 0 Å². The Bertz CT molecular complexity index is 4970. The number of likely N-dealkylation sites (N-methyl/N-ethyl adjacent to an activating group) is 1. The molecule has 2 heterocycles. The number of phenolic OH excluding ortho intramolecular Hbond substituents is 1. The van der Waals surface area contributed by atoms with Gasteiger partial charge in [0, 0.05) is 75.5 Å². The Morgan fingerprint density at radius 1 is 0.514 bits per heavy atom. The van der Waals surface area contributed by atoms with E-state index in [-0.39, 0.29) is 69.0 Å². The van der Waals surface area contributed by atoms with Gasteiger partial charge in [0.2, 0.25) is 106 Å². The van der Waals surface area contributed by atoms with Crippen LogP contribution in [0, 0.1) is 17.8 Å². The molecule has 18 amide bonds. The number of H-pyrrole nitrogens is 1. The minimum atomic E-state index is -2.08. The lowest BCUT2D eigenvalue weighted by Gasteiger charge is -2.34. The van der Waals surface area contributed by atoms with Crippen LogP contribution in [0.15, 0.2) is 97.2 Å². The number of benzene rings is 3. The summed E-state index contributed by atoms with van der Waals surface area (Å²) >= 11 is 0. The van der Waals surface area contributed by atoms with Gasteiger partial charge in [-0.25, -0.2) is 0 Å². The van der Waals surface area contributed by atoms with Gasteiger partial charge in [-0.15, -0.1) is 0 Å². The topological polar surface area (TPSA) is 654 Å². The summed E-state index contributed by atoms with van der Waals surface area (Å²) in [6.45, 7) is 19.7. The van der Waals surface area contributed by atoms with Gasteiger partial charge in [0.05, 0.1) is 18.7 Å². The number of fused-ring (bicyclic) bond motifs is 1. The number of phenols is 1. The Kier molecular flexibility index (Phi) is 46.2. The highest BCUT2D eigenvalue weighted by atomic mass is 16.4. The molecule has 0 aliphatic carbocycles. The molecule has 4 aromatic rings. The van der Waals surface area contributed by atoms with Gasteiger partial charge in [0.1, 0.15) is 89.3 Å². The van der Waals surface area contributed by atoms with Crippen LogP contribution >= 0.6 is 0 Å². The Labute approximate surface area is 803 Å². The van der Waals surface area contributed by atoms with E-state index in [0.29, 0.717) is 59.7 Å². The SMILES string of the molecule is CC(=O)N[C@@H](CC(C)C)C(=O)N[C@H](C(=O)N[C@@H](Cc1ccccc1)C(=O)N[C@]1(C)CCCCCC/C=C/CCC[C@@](C)(C(=O)N[C@@H](C)C(=O)N[C@@H](C)C(=O)N[C@@H](C)C(=O)N[C@@H](C)C(=O)N[C@@H](C)C(=O)N(C)CC(N)=O)NC(=O)[C@H](CC(C)C)CC(=O)[C@H](CCC(N)=O)NC(=O)[C@H](C)NC(=O)[C@H](Cc2c[nH]c3ccccc23)NC(=O)[C@H](Cc2ccc(O)cc2)NC(=O)[C@H](CCC(=O)O)NC1=O)[C@@H](C)O. The van der Waals surface area contributed by atoms with E-state index in [9.17, 15) is 82.4 Å². The maximum atomic E-state index is 15.6. The number of aromatic amines is 1. The number of para-hydroxylation sites is 1. The number of aliphatic hydroxyl groups excluding tert-OH is 1. The molecular weight excluding hydrogens is 1790 g/mol. The fourth-order valence-corrected chi connectivity index (χ4v) is 15.4. The number of aliphatic hydroxyl groups is 1. The number of nitrogens with one attached hydrogen (secondary N) is 16. The summed E-state index contributed by atoms with van der Waals surface area (Å²) in [5.41, 5.74) is 8.73. The molecule has 1 aromatic heterocycles. The molecule has 1 aliphatic rings. The van der Waals surface area contributed by atoms with Gasteiger partial charge in [-0.1, -0.05) is 120 Å². The molecule has 0 saturated carbocycles. The number of nitrogens with zero attached hydrogens (tertiary/aromatic N) is 1. The Morgan fingerprint density at radius 2 is 1.05 bits per heavy atom. The molecule has 42 heteroatoms. The molecule has 138 heavy (non-hydrogen) atoms. The van der Waals surface area contributed by atoms with E-state index in [1.165, 1.54) is 101 Å². The third kappa shape index (κ3) is 38.5. The first-order valence-corrected chi connectivity index (χ1v) is 46.6. The van der Waals surface area contributed by atoms with Crippen LogP contribution in [0.2, 0.25) is 0 Å². The van der Waals surface area contributed by atoms with Crippen molar-refractivity contribution in [1.29, 1.82) is 0 Å². The number of allylic oxidation sites excluding steroid dienone is 2. The van der Waals surface area contributed by atoms with E-state index < -0.39 is 265 Å². The standard InChI is InChI=1S/C96H141N19O23/c1-52(2)44-64-49-75(119)69(38-40-76(97)120)107-84(128)57(8)103-87(131)74(48-65-50-99-68-33-27-26-32-67(65)68)109-88(132)72(47-63-34-36-66(118)37-35-63)108-86(130)70(39-41-78(122)123)111-94(138)96(14,114-90(134)73(46-62-30-24-23-25-31-62)110-91(135)79(60(11)116)112-89(133)71(45-53(3)4)106-61(12)117)43-29-22-20-18-16-17-19-21-28-42-95(13,113-85(64)129)93(137)105-58(9)83(127)102-55(6)81(125)100-54(5)80(124)101-56(7)82(126)104-59(10)92(136)115(15)51-77(98)121/h17,19,23-27,30-37,50,52-60,64,69-74,79,99,116,118H,16,18,20-22,28-29,38-49,51H2,1-15H3,(H2,97,120)(H2,98,121)(H,100,125)(H,101,124)(H,102,127)(H,103,131)(H,104,126)(H,105,137)(H,106,117)(H,107,128)(H,108,130)(H,109,132)(H,110,135)(H,111,138)(H,112,133)(H,113,129)(H,114,134)(H,122,123)/b19-17+/t54-,55-,56-,57-,58-,59-,60+,64+,69-,70-,71-,72-,73-,74-,79-,95-,96+/m0/s1. The van der Waals surface area contributed by atoms with Crippen LogP contribution in [0.3, 0.4) is 0 Å². The number of ketones is 1. The Morgan fingerprint density at radius 3 is 1.62 bits per heavy atom. The number of aromatic hydroxyl groups is 1. The number of carbonyl (C=O) groups is 20. The molecule has 0 unspecified atom stereocenters. The molecule has 0 fully saturated rings. The average molecular weight is 1930 g/mol. The molecule has 42 nitrogen and oxygen atoms in total. The van der Waals surface area contributed by atoms with E-state index in [1.54, 1.807) is 88.5 Å². The third-order valence-electron chi connectivity index (χ3n) is 23.4. The summed E-state index contributed by atoms with van der Waals surface area (Å²) in [7, 11) is 1.31. The van der Waals surface area contributed by atoms with Crippen molar-refractivity contribution in [2.24, 2.45) is 29.2 Å². The lowest BCUT2D eigenvalue weighted by atomic mass is 9.86. The molecule has 23 N–H and O–H groups in total. The smallest absolute Gasteiger partial charge is 0.303 e. The molecule has 758 valence electrons. The maximum absolute atomic E-state index is 15.6. The Balaban J connectivity index is 1.59. The summed E-state index contributed by atoms with van der Waals surface area (Å²) < 4.78 is 0. The van der Waals surface area contributed by atoms with Crippen LogP contribution in [-0.2, 0) is 115 Å². The number of nitrogens with two attached hydrogens (primary N) is 2. The van der Waals surface area contributed by atoms with E-state index >= 15 is 28.8 Å². The predicted molar refractivity (Wildman–Crippen MR) is 508 cm³/mol. The third-order valence-corrected chi connectivity index (χ3v) is 23.4. The number of hydrogen-bond acceptors (Lipinski definition) is 22. The van der Waals surface area contributed by atoms with Crippen LogP contribution in [-0.4, -0.2) is 253 Å². The fourth-order valence-electron chi connectivity index (χ4n) is 15.4. The van der Waals surface area contributed by atoms with Gasteiger partial charge < -0.3 is 116 Å². The molecule has 5 rings (SSSR count). The molecule has 1 aliphatic heterocycles. The summed E-state index contributed by atoms with van der Waals surface area (Å²) in [5.74, 6) is -20.2. The number of aliphatic carboxylic acids is 1. The molecule has 0 saturated heterocycles. The molecule has 17 atom stereocenters. The zero-order valence-corrected chi connectivity index (χ0v) is 81.3. The summed E-state index contributed by atoms with van der Waals surface area (Å²) in [4.78, 5) is 284. The Hall–Kier alpha value is -13.7. The number of rotatable bonds is 37. The number of Topliss-reactive ketones (excluding diaryl/α,β-unsaturated/α-hetero) is 1. The van der Waals surface area contributed by atoms with Crippen LogP contribution in [0.25, 0.3) is 10.9 Å². The molecule has 0 spiro atoms. The van der Waals surface area contributed by atoms with E-state index in [4.69, 9.17) is 11.5 Å². The fraction of sp³-hybridized carbons (Fsp3) is 0.562. The zero-order valence-electron chi connectivity index (χ0n) is 81.3. The predicted octanol–water partition coefficient (Wildman–Crippen LogP) is 0.296. The van der Waals surface area contributed by atoms with Crippen molar-refractivity contribution in [1.82, 2.24) is 89.6 Å². The minimum Gasteiger partial charge on any atom is -0.508 e. The average Bonchev–Trinajstić information content (AvgIpc) is 1.76. The minimum absolute atomic E-state index is 0.00508.